The average molecular weight is 245 g/mol. The first kappa shape index (κ1) is 13.0. The number of carbonyl (C=O) groups excluding carboxylic acids is 1. The first-order valence-corrected chi connectivity index (χ1v) is 5.66. The number of imidazole rings is 1. The summed E-state index contributed by atoms with van der Waals surface area (Å²) in [5, 5.41) is 6.38. The largest absolute Gasteiger partial charge is 0.355 e. The van der Waals surface area contributed by atoms with Crippen molar-refractivity contribution in [3.63, 3.8) is 0 Å². The topological polar surface area (TPSA) is 59.0 Å². The molecule has 0 unspecified atom stereocenters. The van der Waals surface area contributed by atoms with E-state index in [0.29, 0.717) is 18.2 Å². The smallest absolute Gasteiger partial charge is 0.233 e. The van der Waals surface area contributed by atoms with Crippen LogP contribution in [0.2, 0.25) is 5.15 Å². The van der Waals surface area contributed by atoms with Crippen LogP contribution in [-0.4, -0.2) is 28.5 Å². The molecule has 0 bridgehead atoms. The van der Waals surface area contributed by atoms with Gasteiger partial charge in [-0.3, -0.25) is 4.79 Å². The maximum Gasteiger partial charge on any atom is 0.233 e. The van der Waals surface area contributed by atoms with Gasteiger partial charge in [0.05, 0.1) is 19.3 Å². The Balaban J connectivity index is 2.25. The van der Waals surface area contributed by atoms with Crippen LogP contribution in [0.3, 0.4) is 0 Å². The van der Waals surface area contributed by atoms with Crippen molar-refractivity contribution in [2.75, 3.05) is 13.1 Å². The van der Waals surface area contributed by atoms with Crippen molar-refractivity contribution < 1.29 is 4.79 Å². The lowest BCUT2D eigenvalue weighted by molar-refractivity contribution is -0.120. The van der Waals surface area contributed by atoms with Crippen LogP contribution < -0.4 is 10.6 Å². The Kier molecular flexibility index (Phi) is 5.28. The van der Waals surface area contributed by atoms with Gasteiger partial charge in [0.2, 0.25) is 5.91 Å². The summed E-state index contributed by atoms with van der Waals surface area (Å²) in [5.41, 5.74) is 0. The summed E-state index contributed by atoms with van der Waals surface area (Å²) in [7, 11) is 1.84. The molecule has 0 saturated carbocycles. The first-order chi connectivity index (χ1) is 7.65. The fraction of sp³-hybridized carbons (Fsp3) is 0.600. The zero-order valence-electron chi connectivity index (χ0n) is 9.59. The highest BCUT2D eigenvalue weighted by Gasteiger charge is 2.04. The summed E-state index contributed by atoms with van der Waals surface area (Å²) in [4.78, 5) is 15.4. The van der Waals surface area contributed by atoms with E-state index >= 15 is 0 Å². The third-order valence-electron chi connectivity index (χ3n) is 2.17. The molecular weight excluding hydrogens is 228 g/mol. The van der Waals surface area contributed by atoms with Crippen LogP contribution in [0.4, 0.5) is 0 Å². The molecule has 0 aliphatic carbocycles. The van der Waals surface area contributed by atoms with Gasteiger partial charge in [-0.2, -0.15) is 0 Å². The second kappa shape index (κ2) is 6.50. The van der Waals surface area contributed by atoms with Gasteiger partial charge in [-0.15, -0.1) is 0 Å². The highest BCUT2D eigenvalue weighted by molar-refractivity contribution is 6.29. The number of hydrogen-bond donors (Lipinski definition) is 2. The fourth-order valence-electron chi connectivity index (χ4n) is 1.20. The molecule has 1 aromatic rings. The summed E-state index contributed by atoms with van der Waals surface area (Å²) in [6.07, 6.45) is 2.54. The Morgan fingerprint density at radius 2 is 2.38 bits per heavy atom. The van der Waals surface area contributed by atoms with Gasteiger partial charge in [0.1, 0.15) is 11.0 Å². The van der Waals surface area contributed by atoms with E-state index in [1.807, 2.05) is 14.0 Å². The minimum atomic E-state index is 0.00200. The number of halogens is 1. The van der Waals surface area contributed by atoms with E-state index in [4.69, 9.17) is 11.6 Å². The molecule has 6 heteroatoms. The number of hydrogen-bond acceptors (Lipinski definition) is 3. The molecule has 1 rings (SSSR count). The van der Waals surface area contributed by atoms with Crippen molar-refractivity contribution in [2.45, 2.75) is 19.9 Å². The van der Waals surface area contributed by atoms with E-state index < -0.39 is 0 Å². The van der Waals surface area contributed by atoms with E-state index in [-0.39, 0.29) is 5.91 Å². The average Bonchev–Trinajstić information content (AvgIpc) is 2.58. The summed E-state index contributed by atoms with van der Waals surface area (Å²) in [5.74, 6) is 0.815. The summed E-state index contributed by atoms with van der Waals surface area (Å²) in [6.45, 7) is 3.56. The van der Waals surface area contributed by atoms with Crippen LogP contribution in [0.15, 0.2) is 6.20 Å². The zero-order chi connectivity index (χ0) is 12.0. The highest BCUT2D eigenvalue weighted by atomic mass is 35.5. The Hall–Kier alpha value is -1.07. The SMILES string of the molecule is CCCNC(=O)CNCc1ncc(Cl)n1C. The van der Waals surface area contributed by atoms with Gasteiger partial charge in [-0.25, -0.2) is 4.98 Å². The van der Waals surface area contributed by atoms with Crippen molar-refractivity contribution in [3.8, 4) is 0 Å². The number of carbonyl (C=O) groups is 1. The zero-order valence-corrected chi connectivity index (χ0v) is 10.3. The molecule has 90 valence electrons. The molecule has 1 amide bonds. The van der Waals surface area contributed by atoms with E-state index in [1.165, 1.54) is 0 Å². The van der Waals surface area contributed by atoms with E-state index in [2.05, 4.69) is 15.6 Å². The lowest BCUT2D eigenvalue weighted by Gasteiger charge is -2.06. The minimum Gasteiger partial charge on any atom is -0.355 e. The molecule has 0 aromatic carbocycles. The van der Waals surface area contributed by atoms with Crippen molar-refractivity contribution in [3.05, 3.63) is 17.2 Å². The van der Waals surface area contributed by atoms with Crippen LogP contribution >= 0.6 is 11.6 Å². The minimum absolute atomic E-state index is 0.00200. The quantitative estimate of drug-likeness (QED) is 0.774. The van der Waals surface area contributed by atoms with Crippen molar-refractivity contribution in [1.82, 2.24) is 20.2 Å². The molecule has 1 aromatic heterocycles. The Labute approximate surface area is 100 Å². The second-order valence-electron chi connectivity index (χ2n) is 3.51. The lowest BCUT2D eigenvalue weighted by Crippen LogP contribution is -2.34. The van der Waals surface area contributed by atoms with Crippen LogP contribution in [0.5, 0.6) is 0 Å². The van der Waals surface area contributed by atoms with Gasteiger partial charge in [0.25, 0.3) is 0 Å². The van der Waals surface area contributed by atoms with Gasteiger partial charge in [0.15, 0.2) is 0 Å². The number of amides is 1. The van der Waals surface area contributed by atoms with Gasteiger partial charge < -0.3 is 15.2 Å². The van der Waals surface area contributed by atoms with Gasteiger partial charge in [-0.05, 0) is 6.42 Å². The van der Waals surface area contributed by atoms with E-state index in [0.717, 1.165) is 18.8 Å². The van der Waals surface area contributed by atoms with Crippen molar-refractivity contribution in [1.29, 1.82) is 0 Å². The molecule has 1 heterocycles. The fourth-order valence-corrected chi connectivity index (χ4v) is 1.35. The Bertz CT molecular complexity index is 351. The second-order valence-corrected chi connectivity index (χ2v) is 3.90. The van der Waals surface area contributed by atoms with Crippen LogP contribution in [0.25, 0.3) is 0 Å². The summed E-state index contributed by atoms with van der Waals surface area (Å²) >= 11 is 5.83. The molecule has 0 aliphatic heterocycles. The molecule has 2 N–H and O–H groups in total. The molecule has 0 atom stereocenters. The van der Waals surface area contributed by atoms with Crippen LogP contribution in [-0.2, 0) is 18.4 Å². The molecule has 0 radical (unpaired) electrons. The molecule has 5 nitrogen and oxygen atoms in total. The molecular formula is C10H17ClN4O. The number of nitrogens with one attached hydrogen (secondary N) is 2. The maximum atomic E-state index is 11.3. The Morgan fingerprint density at radius 3 is 2.94 bits per heavy atom. The number of rotatable bonds is 6. The number of aromatic nitrogens is 2. The van der Waals surface area contributed by atoms with Crippen molar-refractivity contribution in [2.24, 2.45) is 7.05 Å². The molecule has 16 heavy (non-hydrogen) atoms. The summed E-state index contributed by atoms with van der Waals surface area (Å²) in [6, 6.07) is 0. The van der Waals surface area contributed by atoms with Crippen molar-refractivity contribution >= 4 is 17.5 Å². The molecule has 0 spiro atoms. The normalized spacial score (nSPS) is 10.4. The van der Waals surface area contributed by atoms with E-state index in [1.54, 1.807) is 10.8 Å². The highest BCUT2D eigenvalue weighted by Crippen LogP contribution is 2.08. The molecule has 0 fully saturated rings. The van der Waals surface area contributed by atoms with Gasteiger partial charge >= 0.3 is 0 Å². The number of nitrogens with zero attached hydrogens (tertiary/aromatic N) is 2. The molecule has 0 aliphatic rings. The van der Waals surface area contributed by atoms with Gasteiger partial charge in [-0.1, -0.05) is 18.5 Å². The van der Waals surface area contributed by atoms with Gasteiger partial charge in [0, 0.05) is 13.6 Å². The lowest BCUT2D eigenvalue weighted by atomic mass is 10.4. The monoisotopic (exact) mass is 244 g/mol. The third-order valence-corrected chi connectivity index (χ3v) is 2.52. The Morgan fingerprint density at radius 1 is 1.62 bits per heavy atom. The van der Waals surface area contributed by atoms with Crippen LogP contribution in [0, 0.1) is 0 Å². The third kappa shape index (κ3) is 3.83. The molecule has 0 saturated heterocycles. The first-order valence-electron chi connectivity index (χ1n) is 5.28. The standard InChI is InChI=1S/C10H17ClN4O/c1-3-4-13-10(16)7-12-6-9-14-5-8(11)15(9)2/h5,12H,3-4,6-7H2,1-2H3,(H,13,16). The maximum absolute atomic E-state index is 11.3. The van der Waals surface area contributed by atoms with Crippen LogP contribution in [0.1, 0.15) is 19.2 Å². The summed E-state index contributed by atoms with van der Waals surface area (Å²) < 4.78 is 1.78. The predicted octanol–water partition coefficient (Wildman–Crippen LogP) is 0.689. The van der Waals surface area contributed by atoms with E-state index in [9.17, 15) is 4.79 Å². The predicted molar refractivity (Wildman–Crippen MR) is 63.2 cm³/mol.